The average molecular weight is 281 g/mol. The Morgan fingerprint density at radius 1 is 1.55 bits per heavy atom. The standard InChI is InChI=1S/C13H16FN3O3/c14-12-4-3-10(17(19)20)8-11(12)13(18)16-7-5-9-2-1-6-15-9/h3-4,8-9,15H,1-2,5-7H2,(H,16,18). The Morgan fingerprint density at radius 3 is 3.00 bits per heavy atom. The zero-order valence-electron chi connectivity index (χ0n) is 10.9. The largest absolute Gasteiger partial charge is 0.352 e. The SMILES string of the molecule is O=C(NCCC1CCCN1)c1cc([N+](=O)[O-])ccc1F. The summed E-state index contributed by atoms with van der Waals surface area (Å²) in [4.78, 5) is 21.8. The monoisotopic (exact) mass is 281 g/mol. The van der Waals surface area contributed by atoms with Crippen LogP contribution in [0.3, 0.4) is 0 Å². The van der Waals surface area contributed by atoms with Gasteiger partial charge in [0.1, 0.15) is 5.82 Å². The predicted molar refractivity (Wildman–Crippen MR) is 71.0 cm³/mol. The smallest absolute Gasteiger partial charge is 0.270 e. The van der Waals surface area contributed by atoms with E-state index in [1.54, 1.807) is 0 Å². The molecule has 1 fully saturated rings. The topological polar surface area (TPSA) is 84.3 Å². The second-order valence-electron chi connectivity index (χ2n) is 4.76. The van der Waals surface area contributed by atoms with Crippen molar-refractivity contribution in [2.24, 2.45) is 0 Å². The van der Waals surface area contributed by atoms with Crippen LogP contribution in [0.1, 0.15) is 29.6 Å². The molecule has 1 atom stereocenters. The van der Waals surface area contributed by atoms with Gasteiger partial charge in [-0.15, -0.1) is 0 Å². The first-order valence-corrected chi connectivity index (χ1v) is 6.53. The van der Waals surface area contributed by atoms with Gasteiger partial charge in [0.15, 0.2) is 0 Å². The lowest BCUT2D eigenvalue weighted by molar-refractivity contribution is -0.384. The van der Waals surface area contributed by atoms with Gasteiger partial charge < -0.3 is 10.6 Å². The number of carbonyl (C=O) groups excluding carboxylic acids is 1. The lowest BCUT2D eigenvalue weighted by Crippen LogP contribution is -2.31. The Bertz CT molecular complexity index is 516. The summed E-state index contributed by atoms with van der Waals surface area (Å²) in [6.07, 6.45) is 2.96. The van der Waals surface area contributed by atoms with Gasteiger partial charge in [-0.3, -0.25) is 14.9 Å². The molecule has 108 valence electrons. The van der Waals surface area contributed by atoms with E-state index >= 15 is 0 Å². The Balaban J connectivity index is 1.94. The molecule has 1 aliphatic rings. The van der Waals surface area contributed by atoms with Crippen molar-refractivity contribution in [3.63, 3.8) is 0 Å². The van der Waals surface area contributed by atoms with E-state index in [1.165, 1.54) is 0 Å². The van der Waals surface area contributed by atoms with Gasteiger partial charge in [-0.25, -0.2) is 4.39 Å². The molecule has 1 aromatic rings. The van der Waals surface area contributed by atoms with Gasteiger partial charge in [-0.2, -0.15) is 0 Å². The Morgan fingerprint density at radius 2 is 2.35 bits per heavy atom. The lowest BCUT2D eigenvalue weighted by atomic mass is 10.1. The number of nitro groups is 1. The van der Waals surface area contributed by atoms with Gasteiger partial charge >= 0.3 is 0 Å². The van der Waals surface area contributed by atoms with E-state index < -0.39 is 16.6 Å². The molecule has 2 N–H and O–H groups in total. The second kappa shape index (κ2) is 6.42. The number of benzene rings is 1. The minimum absolute atomic E-state index is 0.293. The highest BCUT2D eigenvalue weighted by atomic mass is 19.1. The van der Waals surface area contributed by atoms with Crippen molar-refractivity contribution >= 4 is 11.6 Å². The second-order valence-corrected chi connectivity index (χ2v) is 4.76. The van der Waals surface area contributed by atoms with Crippen LogP contribution in [0.2, 0.25) is 0 Å². The molecular weight excluding hydrogens is 265 g/mol. The number of carbonyl (C=O) groups is 1. The van der Waals surface area contributed by atoms with Crippen molar-refractivity contribution in [2.45, 2.75) is 25.3 Å². The van der Waals surface area contributed by atoms with Gasteiger partial charge in [-0.1, -0.05) is 0 Å². The fourth-order valence-corrected chi connectivity index (χ4v) is 2.26. The van der Waals surface area contributed by atoms with Gasteiger partial charge in [0.05, 0.1) is 10.5 Å². The molecule has 7 heteroatoms. The highest BCUT2D eigenvalue weighted by Gasteiger charge is 2.18. The number of hydrogen-bond donors (Lipinski definition) is 2. The Hall–Kier alpha value is -2.02. The third kappa shape index (κ3) is 3.51. The van der Waals surface area contributed by atoms with Crippen molar-refractivity contribution in [1.82, 2.24) is 10.6 Å². The fourth-order valence-electron chi connectivity index (χ4n) is 2.26. The third-order valence-electron chi connectivity index (χ3n) is 3.35. The molecule has 1 saturated heterocycles. The summed E-state index contributed by atoms with van der Waals surface area (Å²) in [5.41, 5.74) is -0.590. The molecule has 1 aliphatic heterocycles. The summed E-state index contributed by atoms with van der Waals surface area (Å²) in [7, 11) is 0. The number of nitro benzene ring substituents is 1. The average Bonchev–Trinajstić information content (AvgIpc) is 2.92. The number of amides is 1. The van der Waals surface area contributed by atoms with E-state index in [9.17, 15) is 19.3 Å². The van der Waals surface area contributed by atoms with Gasteiger partial charge in [-0.05, 0) is 31.9 Å². The first-order chi connectivity index (χ1) is 9.58. The molecule has 6 nitrogen and oxygen atoms in total. The fraction of sp³-hybridized carbons (Fsp3) is 0.462. The number of non-ortho nitro benzene ring substituents is 1. The van der Waals surface area contributed by atoms with E-state index in [2.05, 4.69) is 10.6 Å². The quantitative estimate of drug-likeness (QED) is 0.634. The molecule has 0 bridgehead atoms. The van der Waals surface area contributed by atoms with Crippen LogP contribution in [0.5, 0.6) is 0 Å². The minimum Gasteiger partial charge on any atom is -0.352 e. The van der Waals surface area contributed by atoms with E-state index in [0.717, 1.165) is 44.0 Å². The number of nitrogens with one attached hydrogen (secondary N) is 2. The molecule has 20 heavy (non-hydrogen) atoms. The first kappa shape index (κ1) is 14.4. The maximum absolute atomic E-state index is 13.5. The highest BCUT2D eigenvalue weighted by molar-refractivity contribution is 5.95. The van der Waals surface area contributed by atoms with Gasteiger partial charge in [0.2, 0.25) is 0 Å². The van der Waals surface area contributed by atoms with E-state index in [0.29, 0.717) is 12.6 Å². The first-order valence-electron chi connectivity index (χ1n) is 6.53. The summed E-state index contributed by atoms with van der Waals surface area (Å²) in [6, 6.07) is 3.31. The number of hydrogen-bond acceptors (Lipinski definition) is 4. The third-order valence-corrected chi connectivity index (χ3v) is 3.35. The summed E-state index contributed by atoms with van der Waals surface area (Å²) in [5, 5.41) is 16.5. The molecule has 0 radical (unpaired) electrons. The molecule has 2 rings (SSSR count). The van der Waals surface area contributed by atoms with Crippen molar-refractivity contribution in [3.05, 3.63) is 39.7 Å². The summed E-state index contributed by atoms with van der Waals surface area (Å²) in [5.74, 6) is -1.38. The van der Waals surface area contributed by atoms with Crippen LogP contribution < -0.4 is 10.6 Å². The van der Waals surface area contributed by atoms with Crippen molar-refractivity contribution in [2.75, 3.05) is 13.1 Å². The molecule has 1 amide bonds. The van der Waals surface area contributed by atoms with Crippen LogP contribution in [0, 0.1) is 15.9 Å². The van der Waals surface area contributed by atoms with Crippen LogP contribution in [-0.4, -0.2) is 30.0 Å². The van der Waals surface area contributed by atoms with E-state index in [4.69, 9.17) is 0 Å². The van der Waals surface area contributed by atoms with E-state index in [1.807, 2.05) is 0 Å². The van der Waals surface area contributed by atoms with Crippen LogP contribution in [0.25, 0.3) is 0 Å². The molecule has 0 aromatic heterocycles. The summed E-state index contributed by atoms with van der Waals surface area (Å²) in [6.45, 7) is 1.40. The zero-order chi connectivity index (χ0) is 14.5. The maximum atomic E-state index is 13.5. The van der Waals surface area contributed by atoms with E-state index in [-0.39, 0.29) is 11.3 Å². The molecule has 0 aliphatic carbocycles. The minimum atomic E-state index is -0.757. The van der Waals surface area contributed by atoms with Crippen molar-refractivity contribution in [1.29, 1.82) is 0 Å². The number of nitrogens with zero attached hydrogens (tertiary/aromatic N) is 1. The highest BCUT2D eigenvalue weighted by Crippen LogP contribution is 2.16. The Labute approximate surface area is 115 Å². The summed E-state index contributed by atoms with van der Waals surface area (Å²) < 4.78 is 13.5. The van der Waals surface area contributed by atoms with Crippen LogP contribution in [-0.2, 0) is 0 Å². The molecular formula is C13H16FN3O3. The molecule has 1 heterocycles. The molecule has 0 spiro atoms. The lowest BCUT2D eigenvalue weighted by Gasteiger charge is -2.11. The van der Waals surface area contributed by atoms with Gasteiger partial charge in [0.25, 0.3) is 11.6 Å². The van der Waals surface area contributed by atoms with Crippen LogP contribution >= 0.6 is 0 Å². The Kier molecular flexibility index (Phi) is 4.62. The molecule has 1 aromatic carbocycles. The van der Waals surface area contributed by atoms with Gasteiger partial charge in [0, 0.05) is 24.7 Å². The van der Waals surface area contributed by atoms with Crippen molar-refractivity contribution in [3.8, 4) is 0 Å². The summed E-state index contributed by atoms with van der Waals surface area (Å²) >= 11 is 0. The van der Waals surface area contributed by atoms with Crippen LogP contribution in [0.15, 0.2) is 18.2 Å². The zero-order valence-corrected chi connectivity index (χ0v) is 10.9. The normalized spacial score (nSPS) is 17.9. The predicted octanol–water partition coefficient (Wildman–Crippen LogP) is 1.61. The molecule has 1 unspecified atom stereocenters. The van der Waals surface area contributed by atoms with Crippen molar-refractivity contribution < 1.29 is 14.1 Å². The number of halogens is 1. The van der Waals surface area contributed by atoms with Crippen LogP contribution in [0.4, 0.5) is 10.1 Å². The molecule has 0 saturated carbocycles. The number of rotatable bonds is 5. The maximum Gasteiger partial charge on any atom is 0.270 e.